The van der Waals surface area contributed by atoms with Gasteiger partial charge in [0.1, 0.15) is 0 Å². The second-order valence-corrected chi connectivity index (χ2v) is 7.06. The van der Waals surface area contributed by atoms with Crippen LogP contribution < -0.4 is 0 Å². The molecule has 0 heterocycles. The Kier molecular flexibility index (Phi) is 2.81. The third-order valence-corrected chi connectivity index (χ3v) is 2.54. The van der Waals surface area contributed by atoms with Gasteiger partial charge in [-0.25, -0.2) is 0 Å². The van der Waals surface area contributed by atoms with Crippen molar-refractivity contribution in [3.63, 3.8) is 0 Å². The lowest BCUT2D eigenvalue weighted by Crippen LogP contribution is -2.09. The van der Waals surface area contributed by atoms with Gasteiger partial charge in [0.05, 0.1) is 0 Å². The highest BCUT2D eigenvalue weighted by Gasteiger charge is 2.41. The van der Waals surface area contributed by atoms with E-state index in [0.717, 1.165) is 5.92 Å². The normalized spacial score (nSPS) is 24.9. The molecule has 0 aromatic carbocycles. The van der Waals surface area contributed by atoms with Gasteiger partial charge >= 0.3 is 0 Å². The monoisotopic (exact) mass is 181 g/mol. The molecule has 0 saturated heterocycles. The van der Waals surface area contributed by atoms with Crippen LogP contribution in [0.1, 0.15) is 60.8 Å². The van der Waals surface area contributed by atoms with E-state index in [1.807, 2.05) is 5.92 Å². The zero-order valence-corrected chi connectivity index (χ0v) is 10.2. The van der Waals surface area contributed by atoms with Gasteiger partial charge in [-0.15, -0.1) is 0 Å². The summed E-state index contributed by atoms with van der Waals surface area (Å²) in [7, 11) is 0. The molecule has 0 spiro atoms. The SMILES string of the molecule is CC(C)(C)C[C]1CC1CC(C)(C)C. The number of hydrogen-bond donors (Lipinski definition) is 0. The largest absolute Gasteiger partial charge is 0.0602 e. The van der Waals surface area contributed by atoms with Crippen LogP contribution in [0.25, 0.3) is 0 Å². The molecule has 1 aliphatic rings. The summed E-state index contributed by atoms with van der Waals surface area (Å²) in [5.41, 5.74) is 1.02. The average Bonchev–Trinajstić information content (AvgIpc) is 2.36. The molecule has 0 aliphatic heterocycles. The van der Waals surface area contributed by atoms with E-state index in [4.69, 9.17) is 0 Å². The minimum Gasteiger partial charge on any atom is -0.0602 e. The molecule has 13 heavy (non-hydrogen) atoms. The molecule has 1 rings (SSSR count). The summed E-state index contributed by atoms with van der Waals surface area (Å²) in [6, 6.07) is 0. The van der Waals surface area contributed by atoms with Crippen molar-refractivity contribution in [3.05, 3.63) is 5.92 Å². The molecule has 1 fully saturated rings. The van der Waals surface area contributed by atoms with Crippen LogP contribution in [0.5, 0.6) is 0 Å². The van der Waals surface area contributed by atoms with Crippen LogP contribution >= 0.6 is 0 Å². The standard InChI is InChI=1S/C13H25/c1-12(2,3)8-10-7-11(10)9-13(4,5)6/h10H,7-9H2,1-6H3. The molecule has 0 aromatic rings. The van der Waals surface area contributed by atoms with Crippen LogP contribution in [0.4, 0.5) is 0 Å². The highest BCUT2D eigenvalue weighted by atomic mass is 14.5. The molecule has 0 aromatic heterocycles. The summed E-state index contributed by atoms with van der Waals surface area (Å²) < 4.78 is 0. The van der Waals surface area contributed by atoms with Crippen LogP contribution in [0.3, 0.4) is 0 Å². The summed E-state index contributed by atoms with van der Waals surface area (Å²) in [6.45, 7) is 14.1. The van der Waals surface area contributed by atoms with Crippen LogP contribution in [-0.4, -0.2) is 0 Å². The third kappa shape index (κ3) is 4.69. The first-order valence-corrected chi connectivity index (χ1v) is 5.52. The van der Waals surface area contributed by atoms with Gasteiger partial charge in [0.15, 0.2) is 0 Å². The van der Waals surface area contributed by atoms with Crippen LogP contribution in [0.15, 0.2) is 0 Å². The Morgan fingerprint density at radius 3 is 1.92 bits per heavy atom. The van der Waals surface area contributed by atoms with Crippen molar-refractivity contribution in [3.8, 4) is 0 Å². The Balaban J connectivity index is 2.24. The Hall–Kier alpha value is 0. The molecular formula is C13H25. The molecule has 0 nitrogen and oxygen atoms in total. The van der Waals surface area contributed by atoms with E-state index in [9.17, 15) is 0 Å². The van der Waals surface area contributed by atoms with Gasteiger partial charge in [-0.05, 0) is 41.9 Å². The Morgan fingerprint density at radius 1 is 1.00 bits per heavy atom. The summed E-state index contributed by atoms with van der Waals surface area (Å²) >= 11 is 0. The first-order chi connectivity index (χ1) is 5.67. The zero-order chi connectivity index (χ0) is 10.3. The minimum atomic E-state index is 0.502. The molecule has 1 aliphatic carbocycles. The van der Waals surface area contributed by atoms with Gasteiger partial charge in [-0.2, -0.15) is 0 Å². The first-order valence-electron chi connectivity index (χ1n) is 5.52. The van der Waals surface area contributed by atoms with Crippen molar-refractivity contribution in [1.29, 1.82) is 0 Å². The fraction of sp³-hybridized carbons (Fsp3) is 0.923. The van der Waals surface area contributed by atoms with Gasteiger partial charge in [0.2, 0.25) is 0 Å². The van der Waals surface area contributed by atoms with Gasteiger partial charge in [0.25, 0.3) is 0 Å². The predicted molar refractivity (Wildman–Crippen MR) is 59.5 cm³/mol. The van der Waals surface area contributed by atoms with Crippen molar-refractivity contribution < 1.29 is 0 Å². The molecule has 0 N–H and O–H groups in total. The molecule has 0 amide bonds. The summed E-state index contributed by atoms with van der Waals surface area (Å²) in [5, 5.41) is 0. The molecule has 1 radical (unpaired) electrons. The van der Waals surface area contributed by atoms with Gasteiger partial charge in [-0.1, -0.05) is 41.5 Å². The average molecular weight is 181 g/mol. The van der Waals surface area contributed by atoms with E-state index in [0.29, 0.717) is 10.8 Å². The third-order valence-electron chi connectivity index (χ3n) is 2.54. The maximum atomic E-state index is 2.35. The Morgan fingerprint density at radius 2 is 1.54 bits per heavy atom. The van der Waals surface area contributed by atoms with Gasteiger partial charge < -0.3 is 0 Å². The van der Waals surface area contributed by atoms with Crippen molar-refractivity contribution >= 4 is 0 Å². The molecular weight excluding hydrogens is 156 g/mol. The summed E-state index contributed by atoms with van der Waals surface area (Å²) in [5.74, 6) is 2.78. The molecule has 0 bridgehead atoms. The quantitative estimate of drug-likeness (QED) is 0.590. The number of rotatable bonds is 2. The van der Waals surface area contributed by atoms with E-state index in [-0.39, 0.29) is 0 Å². The lowest BCUT2D eigenvalue weighted by Gasteiger charge is -2.20. The maximum absolute atomic E-state index is 2.35. The Bertz CT molecular complexity index is 145. The summed E-state index contributed by atoms with van der Waals surface area (Å²) in [4.78, 5) is 0. The Labute approximate surface area is 84.1 Å². The van der Waals surface area contributed by atoms with E-state index in [2.05, 4.69) is 41.5 Å². The van der Waals surface area contributed by atoms with Crippen LogP contribution in [0, 0.1) is 22.7 Å². The topological polar surface area (TPSA) is 0 Å². The van der Waals surface area contributed by atoms with E-state index in [1.165, 1.54) is 19.3 Å². The number of hydrogen-bond acceptors (Lipinski definition) is 0. The fourth-order valence-electron chi connectivity index (χ4n) is 2.11. The van der Waals surface area contributed by atoms with Crippen molar-refractivity contribution in [1.82, 2.24) is 0 Å². The van der Waals surface area contributed by atoms with Crippen LogP contribution in [-0.2, 0) is 0 Å². The zero-order valence-electron chi connectivity index (χ0n) is 10.2. The van der Waals surface area contributed by atoms with Gasteiger partial charge in [-0.3, -0.25) is 0 Å². The highest BCUT2D eigenvalue weighted by molar-refractivity contribution is 5.15. The van der Waals surface area contributed by atoms with Crippen LogP contribution in [0.2, 0.25) is 0 Å². The second-order valence-electron chi connectivity index (χ2n) is 7.06. The fourth-order valence-corrected chi connectivity index (χ4v) is 2.11. The van der Waals surface area contributed by atoms with Gasteiger partial charge in [0, 0.05) is 0 Å². The highest BCUT2D eigenvalue weighted by Crippen LogP contribution is 2.52. The second kappa shape index (κ2) is 3.29. The van der Waals surface area contributed by atoms with Crippen molar-refractivity contribution in [2.45, 2.75) is 60.8 Å². The lowest BCUT2D eigenvalue weighted by molar-refractivity contribution is 0.344. The minimum absolute atomic E-state index is 0.502. The summed E-state index contributed by atoms with van der Waals surface area (Å²) in [6.07, 6.45) is 4.14. The maximum Gasteiger partial charge on any atom is -0.0201 e. The van der Waals surface area contributed by atoms with E-state index >= 15 is 0 Å². The van der Waals surface area contributed by atoms with E-state index < -0.39 is 0 Å². The lowest BCUT2D eigenvalue weighted by atomic mass is 9.85. The molecule has 1 unspecified atom stereocenters. The molecule has 77 valence electrons. The smallest absolute Gasteiger partial charge is 0.0201 e. The molecule has 1 saturated carbocycles. The van der Waals surface area contributed by atoms with E-state index in [1.54, 1.807) is 0 Å². The molecule has 1 atom stereocenters. The first kappa shape index (κ1) is 11.1. The predicted octanol–water partition coefficient (Wildman–Crippen LogP) is 4.45. The molecule has 0 heteroatoms. The van der Waals surface area contributed by atoms with Crippen molar-refractivity contribution in [2.75, 3.05) is 0 Å². The van der Waals surface area contributed by atoms with Crippen molar-refractivity contribution in [2.24, 2.45) is 16.7 Å².